The molecule has 3 aromatic rings. The van der Waals surface area contributed by atoms with Gasteiger partial charge < -0.3 is 9.80 Å². The van der Waals surface area contributed by atoms with E-state index >= 15 is 0 Å². The molecule has 3 aromatic heterocycles. The maximum absolute atomic E-state index is 6.05. The van der Waals surface area contributed by atoms with Gasteiger partial charge in [-0.05, 0) is 31.3 Å². The molecular weight excluding hydrogens is 322 g/mol. The molecular formula is C18H18ClN5. The molecule has 0 unspecified atom stereocenters. The van der Waals surface area contributed by atoms with Gasteiger partial charge in [-0.3, -0.25) is 4.98 Å². The quantitative estimate of drug-likeness (QED) is 0.671. The van der Waals surface area contributed by atoms with E-state index in [-0.39, 0.29) is 0 Å². The molecule has 0 saturated carbocycles. The summed E-state index contributed by atoms with van der Waals surface area (Å²) >= 11 is 6.05. The monoisotopic (exact) mass is 339 g/mol. The van der Waals surface area contributed by atoms with Gasteiger partial charge in [0.25, 0.3) is 0 Å². The fraction of sp³-hybridized carbons (Fsp3) is 0.278. The Morgan fingerprint density at radius 3 is 2.67 bits per heavy atom. The lowest BCUT2D eigenvalue weighted by atomic mass is 10.1. The van der Waals surface area contributed by atoms with Crippen molar-refractivity contribution in [3.05, 3.63) is 48.0 Å². The fourth-order valence-corrected chi connectivity index (χ4v) is 3.22. The van der Waals surface area contributed by atoms with E-state index in [2.05, 4.69) is 32.9 Å². The minimum Gasteiger partial charge on any atom is -0.354 e. The Morgan fingerprint density at radius 1 is 1.04 bits per heavy atom. The van der Waals surface area contributed by atoms with Gasteiger partial charge in [0.2, 0.25) is 0 Å². The predicted octanol–water partition coefficient (Wildman–Crippen LogP) is 3.10. The SMILES string of the molecule is CN1CCN(c2nc(-c3ccnc(Cl)c3)cc3cnccc23)CC1. The molecule has 0 atom stereocenters. The first-order valence-corrected chi connectivity index (χ1v) is 8.39. The van der Waals surface area contributed by atoms with Gasteiger partial charge in [-0.15, -0.1) is 0 Å². The molecule has 1 aliphatic rings. The van der Waals surface area contributed by atoms with Crippen LogP contribution < -0.4 is 4.90 Å². The zero-order valence-corrected chi connectivity index (χ0v) is 14.2. The van der Waals surface area contributed by atoms with Crippen LogP contribution in [0.4, 0.5) is 5.82 Å². The standard InChI is InChI=1S/C18H18ClN5/c1-23-6-8-24(9-7-23)18-15-3-4-20-12-14(15)10-16(22-18)13-2-5-21-17(19)11-13/h2-5,10-12H,6-9H2,1H3. The second-order valence-corrected chi connectivity index (χ2v) is 6.47. The number of likely N-dealkylation sites (N-methyl/N-ethyl adjacent to an activating group) is 1. The normalized spacial score (nSPS) is 15.8. The summed E-state index contributed by atoms with van der Waals surface area (Å²) in [6.45, 7) is 4.03. The van der Waals surface area contributed by atoms with Crippen molar-refractivity contribution < 1.29 is 0 Å². The zero-order chi connectivity index (χ0) is 16.5. The van der Waals surface area contributed by atoms with E-state index in [1.54, 1.807) is 6.20 Å². The van der Waals surface area contributed by atoms with Crippen LogP contribution in [0, 0.1) is 0 Å². The first kappa shape index (κ1) is 15.3. The van der Waals surface area contributed by atoms with Gasteiger partial charge in [0.05, 0.1) is 5.69 Å². The molecule has 4 heterocycles. The van der Waals surface area contributed by atoms with Crippen molar-refractivity contribution in [1.29, 1.82) is 0 Å². The third-order valence-corrected chi connectivity index (χ3v) is 4.64. The highest BCUT2D eigenvalue weighted by Gasteiger charge is 2.19. The number of piperazine rings is 1. The Hall–Kier alpha value is -2.24. The molecule has 4 rings (SSSR count). The molecule has 0 amide bonds. The van der Waals surface area contributed by atoms with E-state index in [0.29, 0.717) is 5.15 Å². The molecule has 0 N–H and O–H groups in total. The molecule has 6 heteroatoms. The summed E-state index contributed by atoms with van der Waals surface area (Å²) in [7, 11) is 2.15. The average Bonchev–Trinajstić information content (AvgIpc) is 2.61. The number of rotatable bonds is 2. The van der Waals surface area contributed by atoms with E-state index in [4.69, 9.17) is 16.6 Å². The van der Waals surface area contributed by atoms with Crippen LogP contribution in [-0.2, 0) is 0 Å². The highest BCUT2D eigenvalue weighted by Crippen LogP contribution is 2.30. The molecule has 0 radical (unpaired) electrons. The number of hydrogen-bond donors (Lipinski definition) is 0. The molecule has 1 saturated heterocycles. The van der Waals surface area contributed by atoms with Crippen LogP contribution in [0.25, 0.3) is 22.0 Å². The Labute approximate surface area is 145 Å². The summed E-state index contributed by atoms with van der Waals surface area (Å²) in [4.78, 5) is 18.0. The van der Waals surface area contributed by atoms with E-state index in [0.717, 1.165) is 54.0 Å². The number of nitrogens with zero attached hydrogens (tertiary/aromatic N) is 5. The van der Waals surface area contributed by atoms with Crippen LogP contribution in [0.5, 0.6) is 0 Å². The molecule has 0 aromatic carbocycles. The van der Waals surface area contributed by atoms with E-state index < -0.39 is 0 Å². The Balaban J connectivity index is 1.85. The van der Waals surface area contributed by atoms with Crippen LogP contribution in [-0.4, -0.2) is 53.1 Å². The lowest BCUT2D eigenvalue weighted by Gasteiger charge is -2.34. The largest absolute Gasteiger partial charge is 0.354 e. The fourth-order valence-electron chi connectivity index (χ4n) is 3.05. The number of anilines is 1. The van der Waals surface area contributed by atoms with E-state index in [9.17, 15) is 0 Å². The number of fused-ring (bicyclic) bond motifs is 1. The maximum Gasteiger partial charge on any atom is 0.137 e. The van der Waals surface area contributed by atoms with Gasteiger partial charge in [-0.1, -0.05) is 11.6 Å². The van der Waals surface area contributed by atoms with Crippen LogP contribution in [0.15, 0.2) is 42.9 Å². The molecule has 1 aliphatic heterocycles. The zero-order valence-electron chi connectivity index (χ0n) is 13.5. The number of halogens is 1. The summed E-state index contributed by atoms with van der Waals surface area (Å²) in [5, 5.41) is 2.70. The van der Waals surface area contributed by atoms with Gasteiger partial charge in [0.1, 0.15) is 11.0 Å². The molecule has 1 fully saturated rings. The van der Waals surface area contributed by atoms with Gasteiger partial charge in [-0.2, -0.15) is 0 Å². The minimum absolute atomic E-state index is 0.474. The first-order valence-electron chi connectivity index (χ1n) is 8.01. The van der Waals surface area contributed by atoms with Crippen LogP contribution in [0.1, 0.15) is 0 Å². The van der Waals surface area contributed by atoms with Crippen molar-refractivity contribution in [3.63, 3.8) is 0 Å². The van der Waals surface area contributed by atoms with Crippen LogP contribution in [0.3, 0.4) is 0 Å². The van der Waals surface area contributed by atoms with Crippen molar-refractivity contribution in [2.45, 2.75) is 0 Å². The lowest BCUT2D eigenvalue weighted by molar-refractivity contribution is 0.312. The van der Waals surface area contributed by atoms with Crippen molar-refractivity contribution in [1.82, 2.24) is 19.9 Å². The van der Waals surface area contributed by atoms with Crippen molar-refractivity contribution in [2.75, 3.05) is 38.1 Å². The Morgan fingerprint density at radius 2 is 1.88 bits per heavy atom. The molecule has 24 heavy (non-hydrogen) atoms. The number of hydrogen-bond acceptors (Lipinski definition) is 5. The van der Waals surface area contributed by atoms with Gasteiger partial charge in [-0.25, -0.2) is 9.97 Å². The molecule has 122 valence electrons. The van der Waals surface area contributed by atoms with Crippen molar-refractivity contribution >= 4 is 28.2 Å². The summed E-state index contributed by atoms with van der Waals surface area (Å²) in [6, 6.07) is 7.89. The second-order valence-electron chi connectivity index (χ2n) is 6.09. The summed E-state index contributed by atoms with van der Waals surface area (Å²) in [5.74, 6) is 1.02. The molecule has 0 spiro atoms. The van der Waals surface area contributed by atoms with Crippen LogP contribution >= 0.6 is 11.6 Å². The molecule has 5 nitrogen and oxygen atoms in total. The smallest absolute Gasteiger partial charge is 0.137 e. The Bertz CT molecular complexity index is 874. The molecule has 0 aliphatic carbocycles. The Kier molecular flexibility index (Phi) is 4.04. The summed E-state index contributed by atoms with van der Waals surface area (Å²) < 4.78 is 0. The lowest BCUT2D eigenvalue weighted by Crippen LogP contribution is -2.44. The third kappa shape index (κ3) is 2.92. The van der Waals surface area contributed by atoms with E-state index in [1.807, 2.05) is 30.6 Å². The number of aromatic nitrogens is 3. The summed E-state index contributed by atoms with van der Waals surface area (Å²) in [5.41, 5.74) is 1.87. The van der Waals surface area contributed by atoms with Crippen LogP contribution in [0.2, 0.25) is 5.15 Å². The first-order chi connectivity index (χ1) is 11.7. The average molecular weight is 340 g/mol. The van der Waals surface area contributed by atoms with Gasteiger partial charge in [0.15, 0.2) is 0 Å². The van der Waals surface area contributed by atoms with Gasteiger partial charge in [0, 0.05) is 61.1 Å². The number of pyridine rings is 3. The van der Waals surface area contributed by atoms with Crippen molar-refractivity contribution in [2.24, 2.45) is 0 Å². The maximum atomic E-state index is 6.05. The predicted molar refractivity (Wildman–Crippen MR) is 97.5 cm³/mol. The minimum atomic E-state index is 0.474. The highest BCUT2D eigenvalue weighted by atomic mass is 35.5. The van der Waals surface area contributed by atoms with Crippen molar-refractivity contribution in [3.8, 4) is 11.3 Å². The highest BCUT2D eigenvalue weighted by molar-refractivity contribution is 6.29. The third-order valence-electron chi connectivity index (χ3n) is 4.44. The van der Waals surface area contributed by atoms with E-state index in [1.165, 1.54) is 0 Å². The summed E-state index contributed by atoms with van der Waals surface area (Å²) in [6.07, 6.45) is 5.43. The second kappa shape index (κ2) is 6.34. The topological polar surface area (TPSA) is 45.2 Å². The van der Waals surface area contributed by atoms with Gasteiger partial charge >= 0.3 is 0 Å². The molecule has 0 bridgehead atoms.